The summed E-state index contributed by atoms with van der Waals surface area (Å²) in [6, 6.07) is 7.45. The number of rotatable bonds is 3. The van der Waals surface area contributed by atoms with E-state index in [2.05, 4.69) is 10.5 Å². The van der Waals surface area contributed by atoms with Gasteiger partial charge in [0.2, 0.25) is 4.80 Å². The Morgan fingerprint density at radius 3 is 2.61 bits per heavy atom. The van der Waals surface area contributed by atoms with Crippen molar-refractivity contribution in [1.82, 2.24) is 19.8 Å². The summed E-state index contributed by atoms with van der Waals surface area (Å²) in [5, 5.41) is 4.18. The van der Waals surface area contributed by atoms with Crippen LogP contribution in [0.1, 0.15) is 32.1 Å². The number of carbonyl (C=O) groups excluding carboxylic acids is 3. The third-order valence-electron chi connectivity index (χ3n) is 5.78. The van der Waals surface area contributed by atoms with Crippen LogP contribution < -0.4 is 10.2 Å². The zero-order valence-corrected chi connectivity index (χ0v) is 16.8. The molecule has 0 atom stereocenters. The number of aromatic nitrogens is 1. The number of para-hydroxylation sites is 1. The van der Waals surface area contributed by atoms with Gasteiger partial charge in [0.15, 0.2) is 0 Å². The van der Waals surface area contributed by atoms with Gasteiger partial charge in [-0.2, -0.15) is 0 Å². The fourth-order valence-corrected chi connectivity index (χ4v) is 5.13. The van der Waals surface area contributed by atoms with E-state index in [-0.39, 0.29) is 12.5 Å². The summed E-state index contributed by atoms with van der Waals surface area (Å²) in [5.41, 5.74) is 2.73. The van der Waals surface area contributed by atoms with Crippen LogP contribution in [-0.4, -0.2) is 51.3 Å². The third-order valence-corrected chi connectivity index (χ3v) is 6.89. The molecule has 8 nitrogen and oxygen atoms in total. The SMILES string of the molecule is CN1C(=O)N(CC(=O)N/N=c2/sc3ccccc3n2C)C(=O)C12CCCCC2. The lowest BCUT2D eigenvalue weighted by Gasteiger charge is -2.35. The summed E-state index contributed by atoms with van der Waals surface area (Å²) >= 11 is 1.45. The first kappa shape index (κ1) is 18.7. The van der Waals surface area contributed by atoms with E-state index in [1.54, 1.807) is 7.05 Å². The zero-order valence-electron chi connectivity index (χ0n) is 16.0. The van der Waals surface area contributed by atoms with Crippen LogP contribution in [-0.2, 0) is 16.6 Å². The molecule has 2 aromatic rings. The van der Waals surface area contributed by atoms with E-state index in [9.17, 15) is 14.4 Å². The van der Waals surface area contributed by atoms with Crippen LogP contribution in [0.3, 0.4) is 0 Å². The van der Waals surface area contributed by atoms with Crippen molar-refractivity contribution in [3.05, 3.63) is 29.1 Å². The monoisotopic (exact) mass is 401 g/mol. The average molecular weight is 401 g/mol. The number of carbonyl (C=O) groups is 3. The number of thiazole rings is 1. The summed E-state index contributed by atoms with van der Waals surface area (Å²) in [6.45, 7) is -0.318. The number of amides is 4. The second-order valence-corrected chi connectivity index (χ2v) is 8.39. The van der Waals surface area contributed by atoms with Crippen LogP contribution in [0.15, 0.2) is 29.4 Å². The first-order valence-corrected chi connectivity index (χ1v) is 10.2. The van der Waals surface area contributed by atoms with Gasteiger partial charge in [-0.25, -0.2) is 10.2 Å². The lowest BCUT2D eigenvalue weighted by atomic mass is 9.81. The van der Waals surface area contributed by atoms with Crippen molar-refractivity contribution >= 4 is 39.4 Å². The Kier molecular flexibility index (Phi) is 4.70. The minimum absolute atomic E-state index is 0.262. The van der Waals surface area contributed by atoms with Crippen molar-refractivity contribution in [2.45, 2.75) is 37.6 Å². The predicted octanol–water partition coefficient (Wildman–Crippen LogP) is 1.77. The van der Waals surface area contributed by atoms with E-state index in [1.807, 2.05) is 35.9 Å². The number of benzene rings is 1. The smallest absolute Gasteiger partial charge is 0.318 e. The highest BCUT2D eigenvalue weighted by atomic mass is 32.1. The Morgan fingerprint density at radius 1 is 1.18 bits per heavy atom. The van der Waals surface area contributed by atoms with Crippen LogP contribution in [0.4, 0.5) is 4.79 Å². The van der Waals surface area contributed by atoms with Crippen LogP contribution in [0.5, 0.6) is 0 Å². The van der Waals surface area contributed by atoms with E-state index >= 15 is 0 Å². The van der Waals surface area contributed by atoms with Gasteiger partial charge in [-0.15, -0.1) is 5.10 Å². The van der Waals surface area contributed by atoms with Crippen LogP contribution in [0, 0.1) is 0 Å². The Morgan fingerprint density at radius 2 is 1.89 bits per heavy atom. The molecule has 1 saturated carbocycles. The molecule has 1 aliphatic heterocycles. The van der Waals surface area contributed by atoms with Gasteiger partial charge in [0.05, 0.1) is 10.2 Å². The molecule has 0 radical (unpaired) electrons. The van der Waals surface area contributed by atoms with Crippen molar-refractivity contribution in [2.75, 3.05) is 13.6 Å². The molecule has 4 amide bonds. The van der Waals surface area contributed by atoms with E-state index in [1.165, 1.54) is 16.2 Å². The molecule has 4 rings (SSSR count). The molecule has 148 valence electrons. The van der Waals surface area contributed by atoms with Gasteiger partial charge < -0.3 is 9.47 Å². The first-order valence-electron chi connectivity index (χ1n) is 9.41. The maximum absolute atomic E-state index is 12.9. The van der Waals surface area contributed by atoms with E-state index in [4.69, 9.17) is 0 Å². The lowest BCUT2D eigenvalue weighted by molar-refractivity contribution is -0.137. The van der Waals surface area contributed by atoms with Crippen molar-refractivity contribution in [1.29, 1.82) is 0 Å². The number of urea groups is 1. The maximum atomic E-state index is 12.9. The van der Waals surface area contributed by atoms with Gasteiger partial charge in [-0.3, -0.25) is 14.5 Å². The second kappa shape index (κ2) is 7.05. The molecule has 1 N–H and O–H groups in total. The van der Waals surface area contributed by atoms with Gasteiger partial charge in [0.25, 0.3) is 11.8 Å². The number of nitrogens with zero attached hydrogens (tertiary/aromatic N) is 4. The number of hydrogen-bond acceptors (Lipinski definition) is 5. The average Bonchev–Trinajstić information content (AvgIpc) is 3.12. The van der Waals surface area contributed by atoms with Gasteiger partial charge in [0.1, 0.15) is 12.1 Å². The molecular weight excluding hydrogens is 378 g/mol. The fraction of sp³-hybridized carbons (Fsp3) is 0.474. The van der Waals surface area contributed by atoms with Gasteiger partial charge in [-0.1, -0.05) is 42.7 Å². The Labute approximate surface area is 166 Å². The van der Waals surface area contributed by atoms with Crippen LogP contribution >= 0.6 is 11.3 Å². The highest BCUT2D eigenvalue weighted by molar-refractivity contribution is 7.16. The highest BCUT2D eigenvalue weighted by Gasteiger charge is 2.55. The van der Waals surface area contributed by atoms with E-state index < -0.39 is 17.5 Å². The van der Waals surface area contributed by atoms with Crippen molar-refractivity contribution in [3.63, 3.8) is 0 Å². The molecule has 0 bridgehead atoms. The van der Waals surface area contributed by atoms with Crippen molar-refractivity contribution < 1.29 is 14.4 Å². The topological polar surface area (TPSA) is 87.0 Å². The van der Waals surface area contributed by atoms with Crippen LogP contribution in [0.25, 0.3) is 10.2 Å². The highest BCUT2D eigenvalue weighted by Crippen LogP contribution is 2.39. The third kappa shape index (κ3) is 2.90. The Balaban J connectivity index is 1.50. The molecule has 2 fully saturated rings. The number of fused-ring (bicyclic) bond motifs is 1. The molecular formula is C19H23N5O3S. The lowest BCUT2D eigenvalue weighted by Crippen LogP contribution is -2.49. The molecule has 1 saturated heterocycles. The summed E-state index contributed by atoms with van der Waals surface area (Å²) in [7, 11) is 3.53. The normalized spacial score (nSPS) is 19.9. The van der Waals surface area contributed by atoms with E-state index in [0.717, 1.165) is 34.4 Å². The number of imide groups is 1. The largest absolute Gasteiger partial charge is 0.327 e. The van der Waals surface area contributed by atoms with Gasteiger partial charge in [0, 0.05) is 14.1 Å². The maximum Gasteiger partial charge on any atom is 0.327 e. The quantitative estimate of drug-likeness (QED) is 0.628. The number of likely N-dealkylation sites (N-methyl/N-ethyl adjacent to an activating group) is 1. The molecule has 1 spiro atoms. The summed E-state index contributed by atoms with van der Waals surface area (Å²) in [5.74, 6) is -0.748. The first-order chi connectivity index (χ1) is 13.4. The summed E-state index contributed by atoms with van der Waals surface area (Å²) < 4.78 is 2.95. The summed E-state index contributed by atoms with van der Waals surface area (Å²) in [4.78, 5) is 41.1. The summed E-state index contributed by atoms with van der Waals surface area (Å²) in [6.07, 6.45) is 4.23. The van der Waals surface area contributed by atoms with E-state index in [0.29, 0.717) is 17.6 Å². The number of hydrogen-bond donors (Lipinski definition) is 1. The Hall–Kier alpha value is -2.68. The van der Waals surface area contributed by atoms with Crippen molar-refractivity contribution in [3.8, 4) is 0 Å². The van der Waals surface area contributed by atoms with Gasteiger partial charge in [-0.05, 0) is 25.0 Å². The minimum atomic E-state index is -0.773. The molecule has 0 unspecified atom stereocenters. The molecule has 2 heterocycles. The second-order valence-electron chi connectivity index (χ2n) is 7.38. The number of aryl methyl sites for hydroxylation is 1. The standard InChI is InChI=1S/C19H23N5O3S/c1-22-13-8-4-5-9-14(13)28-17(22)21-20-15(25)12-24-16(26)19(23(2)18(24)27)10-6-3-7-11-19/h4-5,8-9H,3,6-7,10-12H2,1-2H3,(H,20,25)/b21-17+. The fourth-order valence-electron chi connectivity index (χ4n) is 4.15. The molecule has 9 heteroatoms. The molecule has 2 aliphatic rings. The molecule has 1 aliphatic carbocycles. The molecule has 1 aromatic carbocycles. The molecule has 1 aromatic heterocycles. The van der Waals surface area contributed by atoms with Crippen LogP contribution in [0.2, 0.25) is 0 Å². The predicted molar refractivity (Wildman–Crippen MR) is 105 cm³/mol. The molecule has 28 heavy (non-hydrogen) atoms. The number of nitrogens with one attached hydrogen (secondary N) is 1. The van der Waals surface area contributed by atoms with Gasteiger partial charge >= 0.3 is 6.03 Å². The Bertz CT molecular complexity index is 1020. The minimum Gasteiger partial charge on any atom is -0.318 e. The van der Waals surface area contributed by atoms with Crippen molar-refractivity contribution in [2.24, 2.45) is 12.1 Å². The zero-order chi connectivity index (χ0) is 19.9.